The highest BCUT2D eigenvalue weighted by molar-refractivity contribution is 5.28. The fraction of sp³-hybridized carbons (Fsp3) is 0.615. The largest absolute Gasteiger partial charge is 0.384 e. The van der Waals surface area contributed by atoms with Gasteiger partial charge in [-0.25, -0.2) is 4.98 Å². The lowest BCUT2D eigenvalue weighted by Gasteiger charge is -2.30. The van der Waals surface area contributed by atoms with Crippen molar-refractivity contribution >= 4 is 5.82 Å². The van der Waals surface area contributed by atoms with Crippen LogP contribution in [-0.4, -0.2) is 23.0 Å². The van der Waals surface area contributed by atoms with Gasteiger partial charge in [-0.15, -0.1) is 0 Å². The molecular weight excluding hydrogens is 198 g/mol. The molecule has 0 spiro atoms. The molecule has 0 radical (unpaired) electrons. The third-order valence-electron chi connectivity index (χ3n) is 3.44. The highest BCUT2D eigenvalue weighted by Crippen LogP contribution is 2.22. The van der Waals surface area contributed by atoms with E-state index in [1.165, 1.54) is 32.1 Å². The molecule has 1 saturated carbocycles. The van der Waals surface area contributed by atoms with Gasteiger partial charge in [-0.05, 0) is 32.0 Å². The van der Waals surface area contributed by atoms with Gasteiger partial charge in [0.05, 0.1) is 5.69 Å². The highest BCUT2D eigenvalue weighted by Gasteiger charge is 2.18. The second-order valence-corrected chi connectivity index (χ2v) is 4.76. The smallest absolute Gasteiger partial charge is 0.123 e. The Morgan fingerprint density at radius 1 is 1.31 bits per heavy atom. The summed E-state index contributed by atoms with van der Waals surface area (Å²) in [6.07, 6.45) is 6.82. The lowest BCUT2D eigenvalue weighted by atomic mass is 9.94. The molecule has 1 aliphatic rings. The number of anilines is 1. The van der Waals surface area contributed by atoms with Crippen molar-refractivity contribution < 1.29 is 0 Å². The SMILES string of the molecule is CN(Cc1cccc(N)n1)C1CCCCC1. The van der Waals surface area contributed by atoms with Crippen LogP contribution in [0.4, 0.5) is 5.82 Å². The molecule has 2 rings (SSSR count). The molecule has 3 heteroatoms. The molecule has 16 heavy (non-hydrogen) atoms. The van der Waals surface area contributed by atoms with E-state index in [9.17, 15) is 0 Å². The van der Waals surface area contributed by atoms with Crippen LogP contribution in [0.25, 0.3) is 0 Å². The zero-order valence-electron chi connectivity index (χ0n) is 10.0. The summed E-state index contributed by atoms with van der Waals surface area (Å²) >= 11 is 0. The second kappa shape index (κ2) is 5.30. The van der Waals surface area contributed by atoms with Gasteiger partial charge in [-0.2, -0.15) is 0 Å². The maximum Gasteiger partial charge on any atom is 0.123 e. The van der Waals surface area contributed by atoms with Crippen molar-refractivity contribution in [1.82, 2.24) is 9.88 Å². The van der Waals surface area contributed by atoms with Gasteiger partial charge in [0.25, 0.3) is 0 Å². The zero-order valence-corrected chi connectivity index (χ0v) is 10.0. The molecule has 2 N–H and O–H groups in total. The van der Waals surface area contributed by atoms with Gasteiger partial charge in [-0.1, -0.05) is 25.3 Å². The predicted molar refractivity (Wildman–Crippen MR) is 67.0 cm³/mol. The Labute approximate surface area is 97.7 Å². The molecule has 88 valence electrons. The first-order valence-electron chi connectivity index (χ1n) is 6.17. The number of nitrogens with zero attached hydrogens (tertiary/aromatic N) is 2. The van der Waals surface area contributed by atoms with Crippen molar-refractivity contribution in [2.24, 2.45) is 0 Å². The molecule has 0 amide bonds. The molecule has 0 bridgehead atoms. The van der Waals surface area contributed by atoms with Gasteiger partial charge in [0.1, 0.15) is 5.82 Å². The number of rotatable bonds is 3. The van der Waals surface area contributed by atoms with Crippen LogP contribution in [0.5, 0.6) is 0 Å². The molecular formula is C13H21N3. The van der Waals surface area contributed by atoms with Gasteiger partial charge in [0.2, 0.25) is 0 Å². The number of aromatic nitrogens is 1. The van der Waals surface area contributed by atoms with E-state index in [-0.39, 0.29) is 0 Å². The van der Waals surface area contributed by atoms with Gasteiger partial charge >= 0.3 is 0 Å². The van der Waals surface area contributed by atoms with Crippen molar-refractivity contribution in [3.05, 3.63) is 23.9 Å². The normalized spacial score (nSPS) is 17.9. The molecule has 0 aliphatic heterocycles. The Hall–Kier alpha value is -1.09. The Morgan fingerprint density at radius 3 is 2.75 bits per heavy atom. The topological polar surface area (TPSA) is 42.1 Å². The van der Waals surface area contributed by atoms with Gasteiger partial charge in [-0.3, -0.25) is 4.90 Å². The van der Waals surface area contributed by atoms with E-state index in [4.69, 9.17) is 5.73 Å². The Bertz CT molecular complexity index is 332. The number of hydrogen-bond acceptors (Lipinski definition) is 3. The number of nitrogens with two attached hydrogens (primary N) is 1. The molecule has 0 aromatic carbocycles. The fourth-order valence-corrected chi connectivity index (χ4v) is 2.49. The molecule has 0 unspecified atom stereocenters. The third-order valence-corrected chi connectivity index (χ3v) is 3.44. The zero-order chi connectivity index (χ0) is 11.4. The van der Waals surface area contributed by atoms with Crippen LogP contribution in [0.3, 0.4) is 0 Å². The van der Waals surface area contributed by atoms with E-state index in [2.05, 4.69) is 23.0 Å². The molecule has 1 heterocycles. The lowest BCUT2D eigenvalue weighted by molar-refractivity contribution is 0.183. The lowest BCUT2D eigenvalue weighted by Crippen LogP contribution is -2.33. The predicted octanol–water partition coefficient (Wildman–Crippen LogP) is 2.43. The summed E-state index contributed by atoms with van der Waals surface area (Å²) in [5.74, 6) is 0.620. The van der Waals surface area contributed by atoms with E-state index in [1.54, 1.807) is 0 Å². The van der Waals surface area contributed by atoms with E-state index >= 15 is 0 Å². The van der Waals surface area contributed by atoms with E-state index in [0.29, 0.717) is 5.82 Å². The number of pyridine rings is 1. The Kier molecular flexibility index (Phi) is 3.78. The molecule has 3 nitrogen and oxygen atoms in total. The summed E-state index contributed by atoms with van der Waals surface area (Å²) in [7, 11) is 2.20. The van der Waals surface area contributed by atoms with Crippen LogP contribution in [-0.2, 0) is 6.54 Å². The molecule has 0 saturated heterocycles. The summed E-state index contributed by atoms with van der Waals surface area (Å²) in [4.78, 5) is 6.76. The first kappa shape index (κ1) is 11.4. The summed E-state index contributed by atoms with van der Waals surface area (Å²) in [6, 6.07) is 6.60. The van der Waals surface area contributed by atoms with E-state index in [0.717, 1.165) is 18.3 Å². The Morgan fingerprint density at radius 2 is 2.06 bits per heavy atom. The summed E-state index contributed by atoms with van der Waals surface area (Å²) < 4.78 is 0. The molecule has 0 atom stereocenters. The van der Waals surface area contributed by atoms with Crippen molar-refractivity contribution in [2.45, 2.75) is 44.7 Å². The van der Waals surface area contributed by atoms with Crippen LogP contribution in [0, 0.1) is 0 Å². The van der Waals surface area contributed by atoms with Crippen LogP contribution < -0.4 is 5.73 Å². The molecule has 1 aromatic heterocycles. The fourth-order valence-electron chi connectivity index (χ4n) is 2.49. The third kappa shape index (κ3) is 2.95. The average molecular weight is 219 g/mol. The minimum Gasteiger partial charge on any atom is -0.384 e. The number of nitrogen functional groups attached to an aromatic ring is 1. The standard InChI is InChI=1S/C13H21N3/c1-16(12-7-3-2-4-8-12)10-11-6-5-9-13(14)15-11/h5-6,9,12H,2-4,7-8,10H2,1H3,(H2,14,15). The summed E-state index contributed by atoms with van der Waals surface area (Å²) in [5.41, 5.74) is 6.76. The van der Waals surface area contributed by atoms with Crippen LogP contribution in [0.1, 0.15) is 37.8 Å². The monoisotopic (exact) mass is 219 g/mol. The van der Waals surface area contributed by atoms with E-state index in [1.807, 2.05) is 12.1 Å². The second-order valence-electron chi connectivity index (χ2n) is 4.76. The average Bonchev–Trinajstić information content (AvgIpc) is 2.30. The molecule has 1 aromatic rings. The quantitative estimate of drug-likeness (QED) is 0.849. The van der Waals surface area contributed by atoms with Gasteiger partial charge < -0.3 is 5.73 Å². The van der Waals surface area contributed by atoms with Crippen LogP contribution in [0.15, 0.2) is 18.2 Å². The minimum absolute atomic E-state index is 0.620. The molecule has 1 aliphatic carbocycles. The van der Waals surface area contributed by atoms with Gasteiger partial charge in [0, 0.05) is 12.6 Å². The van der Waals surface area contributed by atoms with Crippen molar-refractivity contribution in [3.63, 3.8) is 0 Å². The first-order chi connectivity index (χ1) is 7.75. The summed E-state index contributed by atoms with van der Waals surface area (Å²) in [6.45, 7) is 0.912. The van der Waals surface area contributed by atoms with Gasteiger partial charge in [0.15, 0.2) is 0 Å². The maximum atomic E-state index is 5.68. The van der Waals surface area contributed by atoms with Crippen LogP contribution >= 0.6 is 0 Å². The highest BCUT2D eigenvalue weighted by atomic mass is 15.1. The van der Waals surface area contributed by atoms with E-state index < -0.39 is 0 Å². The van der Waals surface area contributed by atoms with Crippen molar-refractivity contribution in [1.29, 1.82) is 0 Å². The first-order valence-corrected chi connectivity index (χ1v) is 6.17. The van der Waals surface area contributed by atoms with Crippen molar-refractivity contribution in [3.8, 4) is 0 Å². The Balaban J connectivity index is 1.93. The number of hydrogen-bond donors (Lipinski definition) is 1. The van der Waals surface area contributed by atoms with Crippen molar-refractivity contribution in [2.75, 3.05) is 12.8 Å². The van der Waals surface area contributed by atoms with Crippen LogP contribution in [0.2, 0.25) is 0 Å². The molecule has 1 fully saturated rings. The minimum atomic E-state index is 0.620. The summed E-state index contributed by atoms with van der Waals surface area (Å²) in [5, 5.41) is 0. The maximum absolute atomic E-state index is 5.68.